The zero-order valence-electron chi connectivity index (χ0n) is 20.9. The van der Waals surface area contributed by atoms with Gasteiger partial charge in [0.1, 0.15) is 6.10 Å². The van der Waals surface area contributed by atoms with Crippen LogP contribution in [0.1, 0.15) is 37.3 Å². The average molecular weight is 528 g/mol. The van der Waals surface area contributed by atoms with Crippen LogP contribution in [0, 0.1) is 10.1 Å². The molecule has 2 aliphatic heterocycles. The van der Waals surface area contributed by atoms with E-state index in [1.807, 2.05) is 18.2 Å². The number of carbonyl (C=O) groups excluding carboxylic acids is 2. The lowest BCUT2D eigenvalue weighted by atomic mass is 9.80. The van der Waals surface area contributed by atoms with Gasteiger partial charge in [-0.15, -0.1) is 12.4 Å². The number of carbonyl (C=O) groups is 2. The van der Waals surface area contributed by atoms with Crippen molar-refractivity contribution in [3.63, 3.8) is 0 Å². The summed E-state index contributed by atoms with van der Waals surface area (Å²) in [5, 5.41) is 14.5. The van der Waals surface area contributed by atoms with Gasteiger partial charge in [-0.05, 0) is 31.4 Å². The Morgan fingerprint density at radius 3 is 2.38 bits per heavy atom. The smallest absolute Gasteiger partial charge is 0.337 e. The number of nitrogens with zero attached hydrogens (tertiary/aromatic N) is 2. The van der Waals surface area contributed by atoms with Gasteiger partial charge in [0.05, 0.1) is 29.1 Å². The van der Waals surface area contributed by atoms with E-state index >= 15 is 0 Å². The lowest BCUT2D eigenvalue weighted by molar-refractivity contribution is -0.384. The zero-order valence-corrected chi connectivity index (χ0v) is 21.7. The summed E-state index contributed by atoms with van der Waals surface area (Å²) < 4.78 is 10.9. The van der Waals surface area contributed by atoms with Crippen molar-refractivity contribution >= 4 is 30.0 Å². The first-order chi connectivity index (χ1) is 17.3. The van der Waals surface area contributed by atoms with Gasteiger partial charge in [0.25, 0.3) is 5.69 Å². The van der Waals surface area contributed by atoms with Crippen LogP contribution >= 0.6 is 12.4 Å². The SMILES string of the molecule is COC(=O)C1=C(C)NC(C)=C(C(=O)OC2CCN(Cc3ccccc3)C2)C1c1cccc([N+](=O)[O-])c1.Cl. The number of halogens is 1. The Hall–Kier alpha value is -3.69. The third-order valence-corrected chi connectivity index (χ3v) is 6.55. The number of likely N-dealkylation sites (tertiary alicyclic amines) is 1. The summed E-state index contributed by atoms with van der Waals surface area (Å²) in [6, 6.07) is 16.0. The maximum atomic E-state index is 13.5. The number of nitro groups is 1. The number of rotatable bonds is 7. The predicted molar refractivity (Wildman–Crippen MR) is 140 cm³/mol. The lowest BCUT2D eigenvalue weighted by Crippen LogP contribution is -2.34. The van der Waals surface area contributed by atoms with E-state index in [2.05, 4.69) is 22.3 Å². The van der Waals surface area contributed by atoms with Crippen LogP contribution in [0.25, 0.3) is 0 Å². The number of hydrogen-bond donors (Lipinski definition) is 1. The van der Waals surface area contributed by atoms with Crippen LogP contribution in [0.15, 0.2) is 77.1 Å². The first-order valence-electron chi connectivity index (χ1n) is 11.8. The molecule has 10 heteroatoms. The minimum atomic E-state index is -0.868. The van der Waals surface area contributed by atoms with Gasteiger partial charge in [0.15, 0.2) is 0 Å². The van der Waals surface area contributed by atoms with E-state index in [9.17, 15) is 19.7 Å². The van der Waals surface area contributed by atoms with Crippen molar-refractivity contribution in [2.45, 2.75) is 38.8 Å². The van der Waals surface area contributed by atoms with Crippen molar-refractivity contribution in [2.24, 2.45) is 0 Å². The molecule has 2 atom stereocenters. The number of benzene rings is 2. The molecule has 0 spiro atoms. The molecule has 2 aliphatic rings. The second kappa shape index (κ2) is 12.0. The minimum absolute atomic E-state index is 0. The average Bonchev–Trinajstić information content (AvgIpc) is 3.30. The fourth-order valence-corrected chi connectivity index (χ4v) is 4.89. The zero-order chi connectivity index (χ0) is 25.8. The van der Waals surface area contributed by atoms with Crippen LogP contribution in [-0.4, -0.2) is 48.1 Å². The fourth-order valence-electron chi connectivity index (χ4n) is 4.89. The molecule has 0 bridgehead atoms. The summed E-state index contributed by atoms with van der Waals surface area (Å²) in [4.78, 5) is 39.5. The first-order valence-corrected chi connectivity index (χ1v) is 11.8. The third-order valence-electron chi connectivity index (χ3n) is 6.55. The molecule has 2 aromatic rings. The number of ether oxygens (including phenoxy) is 2. The van der Waals surface area contributed by atoms with Gasteiger partial charge in [-0.25, -0.2) is 9.59 Å². The van der Waals surface area contributed by atoms with E-state index in [1.165, 1.54) is 30.9 Å². The first kappa shape index (κ1) is 27.9. The van der Waals surface area contributed by atoms with Gasteiger partial charge in [0, 0.05) is 43.2 Å². The van der Waals surface area contributed by atoms with Crippen molar-refractivity contribution in [3.05, 3.63) is 98.4 Å². The van der Waals surface area contributed by atoms with Crippen LogP contribution in [0.2, 0.25) is 0 Å². The van der Waals surface area contributed by atoms with Gasteiger partial charge in [-0.3, -0.25) is 15.0 Å². The topological polar surface area (TPSA) is 111 Å². The molecule has 4 rings (SSSR count). The summed E-state index contributed by atoms with van der Waals surface area (Å²) in [5.41, 5.74) is 2.99. The lowest BCUT2D eigenvalue weighted by Gasteiger charge is -2.30. The molecule has 0 radical (unpaired) electrons. The number of non-ortho nitro benzene ring substituents is 1. The number of nitrogens with one attached hydrogen (secondary N) is 1. The quantitative estimate of drug-likeness (QED) is 0.323. The standard InChI is InChI=1S/C27H29N3O6.ClH/c1-17-23(26(31)35-3)25(20-10-7-11-21(14-20)30(33)34)24(18(2)28-17)27(32)36-22-12-13-29(16-22)15-19-8-5-4-6-9-19;/h4-11,14,22,25,28H,12-13,15-16H2,1-3H3;1H. The summed E-state index contributed by atoms with van der Waals surface area (Å²) in [6.07, 6.45) is 0.388. The van der Waals surface area contributed by atoms with E-state index in [4.69, 9.17) is 9.47 Å². The molecular formula is C27H30ClN3O6. The Morgan fingerprint density at radius 2 is 1.73 bits per heavy atom. The van der Waals surface area contributed by atoms with Crippen LogP contribution in [-0.2, 0) is 25.6 Å². The molecule has 2 unspecified atom stereocenters. The second-order valence-corrected chi connectivity index (χ2v) is 9.02. The predicted octanol–water partition coefficient (Wildman–Crippen LogP) is 4.24. The molecule has 0 amide bonds. The Bertz CT molecular complexity index is 1240. The third kappa shape index (κ3) is 6.18. The fraction of sp³-hybridized carbons (Fsp3) is 0.333. The van der Waals surface area contributed by atoms with Gasteiger partial charge < -0.3 is 14.8 Å². The summed E-state index contributed by atoms with van der Waals surface area (Å²) in [6.45, 7) is 5.60. The van der Waals surface area contributed by atoms with Gasteiger partial charge >= 0.3 is 11.9 Å². The number of dihydropyridines is 1. The van der Waals surface area contributed by atoms with Crippen molar-refractivity contribution in [1.29, 1.82) is 0 Å². The van der Waals surface area contributed by atoms with Crippen molar-refractivity contribution in [1.82, 2.24) is 10.2 Å². The molecule has 2 heterocycles. The van der Waals surface area contributed by atoms with Crippen molar-refractivity contribution in [2.75, 3.05) is 20.2 Å². The van der Waals surface area contributed by atoms with Gasteiger partial charge in [-0.2, -0.15) is 0 Å². The number of allylic oxidation sites excluding steroid dienone is 2. The van der Waals surface area contributed by atoms with Gasteiger partial charge in [-0.1, -0.05) is 42.5 Å². The van der Waals surface area contributed by atoms with E-state index < -0.39 is 22.8 Å². The molecule has 0 aliphatic carbocycles. The molecule has 1 saturated heterocycles. The maximum Gasteiger partial charge on any atom is 0.337 e. The Labute approximate surface area is 221 Å². The molecule has 9 nitrogen and oxygen atoms in total. The van der Waals surface area contributed by atoms with E-state index in [1.54, 1.807) is 19.9 Å². The van der Waals surface area contributed by atoms with Crippen LogP contribution < -0.4 is 5.32 Å². The van der Waals surface area contributed by atoms with E-state index in [-0.39, 0.29) is 35.3 Å². The number of hydrogen-bond acceptors (Lipinski definition) is 8. The number of methoxy groups -OCH3 is 1. The van der Waals surface area contributed by atoms with Crippen LogP contribution in [0.5, 0.6) is 0 Å². The summed E-state index contributed by atoms with van der Waals surface area (Å²) >= 11 is 0. The monoisotopic (exact) mass is 527 g/mol. The molecule has 1 N–H and O–H groups in total. The van der Waals surface area contributed by atoms with E-state index in [0.29, 0.717) is 29.9 Å². The minimum Gasteiger partial charge on any atom is -0.466 e. The molecule has 0 saturated carbocycles. The molecule has 0 aromatic heterocycles. The van der Waals surface area contributed by atoms with E-state index in [0.717, 1.165) is 13.1 Å². The molecule has 37 heavy (non-hydrogen) atoms. The normalized spacial score (nSPS) is 19.6. The summed E-state index contributed by atoms with van der Waals surface area (Å²) in [5.74, 6) is -2.05. The highest BCUT2D eigenvalue weighted by atomic mass is 35.5. The van der Waals surface area contributed by atoms with Crippen LogP contribution in [0.3, 0.4) is 0 Å². The molecular weight excluding hydrogens is 498 g/mol. The number of nitro benzene ring substituents is 1. The van der Waals surface area contributed by atoms with Gasteiger partial charge in [0.2, 0.25) is 0 Å². The largest absolute Gasteiger partial charge is 0.466 e. The summed E-state index contributed by atoms with van der Waals surface area (Å²) in [7, 11) is 1.26. The maximum absolute atomic E-state index is 13.5. The second-order valence-electron chi connectivity index (χ2n) is 9.02. The van der Waals surface area contributed by atoms with Crippen molar-refractivity contribution < 1.29 is 24.0 Å². The van der Waals surface area contributed by atoms with Crippen LogP contribution in [0.4, 0.5) is 5.69 Å². The highest BCUT2D eigenvalue weighted by Crippen LogP contribution is 2.40. The molecule has 2 aromatic carbocycles. The Kier molecular flexibility index (Phi) is 9.07. The Balaban J connectivity index is 0.00000380. The Morgan fingerprint density at radius 1 is 1.05 bits per heavy atom. The highest BCUT2D eigenvalue weighted by Gasteiger charge is 2.39. The molecule has 196 valence electrons. The van der Waals surface area contributed by atoms with Crippen molar-refractivity contribution in [3.8, 4) is 0 Å². The molecule has 1 fully saturated rings. The number of esters is 2. The highest BCUT2D eigenvalue weighted by molar-refractivity contribution is 6.00.